The molecule has 0 atom stereocenters. The lowest BCUT2D eigenvalue weighted by atomic mass is 10.0. The van der Waals surface area contributed by atoms with E-state index in [1.165, 1.54) is 11.1 Å². The number of carbonyl (C=O) groups excluding carboxylic acids is 1. The van der Waals surface area contributed by atoms with Crippen LogP contribution in [0.1, 0.15) is 21.5 Å². The summed E-state index contributed by atoms with van der Waals surface area (Å²) in [6.07, 6.45) is 0. The molecule has 0 aliphatic heterocycles. The smallest absolute Gasteiger partial charge is 0.260 e. The molecular weight excluding hydrogens is 438 g/mol. The lowest BCUT2D eigenvalue weighted by Gasteiger charge is -2.22. The van der Waals surface area contributed by atoms with Crippen molar-refractivity contribution < 1.29 is 4.79 Å². The first-order valence-electron chi connectivity index (χ1n) is 10.4. The number of benzene rings is 3. The molecule has 0 N–H and O–H groups in total. The normalized spacial score (nSPS) is 10.9. The molecule has 4 aromatic rings. The van der Waals surface area contributed by atoms with E-state index in [1.54, 1.807) is 11.3 Å². The number of anilines is 1. The summed E-state index contributed by atoms with van der Waals surface area (Å²) in [7, 11) is 4.03. The molecule has 1 heterocycles. The van der Waals surface area contributed by atoms with Crippen LogP contribution in [0, 0.1) is 13.8 Å². The molecule has 0 radical (unpaired) electrons. The van der Waals surface area contributed by atoms with Gasteiger partial charge in [-0.05, 0) is 68.4 Å². The summed E-state index contributed by atoms with van der Waals surface area (Å²) in [5.74, 6) is -0.0186. The number of halogens is 1. The lowest BCUT2D eigenvalue weighted by molar-refractivity contribution is 0.0985. The zero-order valence-electron chi connectivity index (χ0n) is 18.8. The molecule has 166 valence electrons. The van der Waals surface area contributed by atoms with Crippen molar-refractivity contribution in [3.8, 4) is 11.1 Å². The van der Waals surface area contributed by atoms with Gasteiger partial charge in [0.2, 0.25) is 0 Å². The minimum absolute atomic E-state index is 0. The van der Waals surface area contributed by atoms with Crippen LogP contribution in [-0.4, -0.2) is 43.0 Å². The van der Waals surface area contributed by atoms with Crippen LogP contribution in [0.2, 0.25) is 0 Å². The third-order valence-electron chi connectivity index (χ3n) is 5.56. The standard InChI is InChI=1S/C26H27N3OS.ClH/c1-18-10-15-23-24(19(18)2)27-26(31-23)29(17-16-28(3)4)25(30)22-13-11-21(12-14-22)20-8-6-5-7-9-20;/h5-15H,16-17H2,1-4H3;1H. The Labute approximate surface area is 199 Å². The van der Waals surface area contributed by atoms with Crippen LogP contribution in [0.3, 0.4) is 0 Å². The van der Waals surface area contributed by atoms with Gasteiger partial charge in [0.05, 0.1) is 10.2 Å². The maximum Gasteiger partial charge on any atom is 0.260 e. The Morgan fingerprint density at radius 1 is 0.875 bits per heavy atom. The number of hydrogen-bond donors (Lipinski definition) is 0. The van der Waals surface area contributed by atoms with Crippen LogP contribution in [0.4, 0.5) is 5.13 Å². The van der Waals surface area contributed by atoms with Crippen molar-refractivity contribution in [2.24, 2.45) is 0 Å². The summed E-state index contributed by atoms with van der Waals surface area (Å²) < 4.78 is 1.11. The number of nitrogens with zero attached hydrogens (tertiary/aromatic N) is 3. The second-order valence-electron chi connectivity index (χ2n) is 8.05. The highest BCUT2D eigenvalue weighted by Gasteiger charge is 2.22. The topological polar surface area (TPSA) is 36.4 Å². The number of amides is 1. The molecule has 4 nitrogen and oxygen atoms in total. The van der Waals surface area contributed by atoms with Gasteiger partial charge < -0.3 is 4.90 Å². The number of likely N-dealkylation sites (N-methyl/N-ethyl adjacent to an activating group) is 1. The third kappa shape index (κ3) is 5.01. The monoisotopic (exact) mass is 465 g/mol. The van der Waals surface area contributed by atoms with Crippen molar-refractivity contribution in [1.29, 1.82) is 0 Å². The van der Waals surface area contributed by atoms with E-state index < -0.39 is 0 Å². The summed E-state index contributed by atoms with van der Waals surface area (Å²) >= 11 is 1.58. The number of thiazole rings is 1. The van der Waals surface area contributed by atoms with Gasteiger partial charge in [-0.1, -0.05) is 59.9 Å². The molecule has 0 aliphatic rings. The molecule has 0 bridgehead atoms. The predicted octanol–water partition coefficient (Wildman–Crippen LogP) is 6.21. The van der Waals surface area contributed by atoms with Gasteiger partial charge in [-0.25, -0.2) is 4.98 Å². The second kappa shape index (κ2) is 10.3. The molecule has 1 amide bonds. The summed E-state index contributed by atoms with van der Waals surface area (Å²) in [5.41, 5.74) is 6.29. The van der Waals surface area contributed by atoms with Gasteiger partial charge in [0.1, 0.15) is 0 Å². The van der Waals surface area contributed by atoms with E-state index in [0.29, 0.717) is 12.1 Å². The van der Waals surface area contributed by atoms with Crippen molar-refractivity contribution >= 4 is 45.0 Å². The van der Waals surface area contributed by atoms with E-state index in [1.807, 2.05) is 61.5 Å². The first kappa shape index (κ1) is 23.9. The number of carbonyl (C=O) groups is 1. The van der Waals surface area contributed by atoms with Gasteiger partial charge in [0.25, 0.3) is 5.91 Å². The number of rotatable bonds is 6. The number of hydrogen-bond acceptors (Lipinski definition) is 4. The minimum Gasteiger partial charge on any atom is -0.308 e. The van der Waals surface area contributed by atoms with Crippen molar-refractivity contribution in [1.82, 2.24) is 9.88 Å². The zero-order valence-corrected chi connectivity index (χ0v) is 20.5. The molecule has 32 heavy (non-hydrogen) atoms. The van der Waals surface area contributed by atoms with Gasteiger partial charge in [-0.3, -0.25) is 9.69 Å². The SMILES string of the molecule is Cc1ccc2sc(N(CCN(C)C)C(=O)c3ccc(-c4ccccc4)cc3)nc2c1C.Cl. The highest BCUT2D eigenvalue weighted by Crippen LogP contribution is 2.32. The van der Waals surface area contributed by atoms with E-state index >= 15 is 0 Å². The molecule has 0 unspecified atom stereocenters. The molecule has 1 aromatic heterocycles. The fraction of sp³-hybridized carbons (Fsp3) is 0.231. The Hall–Kier alpha value is -2.73. The molecule has 4 rings (SSSR count). The molecule has 0 aliphatic carbocycles. The molecule has 0 spiro atoms. The van der Waals surface area contributed by atoms with Crippen LogP contribution < -0.4 is 4.90 Å². The summed E-state index contributed by atoms with van der Waals surface area (Å²) in [6.45, 7) is 5.54. The minimum atomic E-state index is -0.0186. The van der Waals surface area contributed by atoms with Gasteiger partial charge in [0.15, 0.2) is 5.13 Å². The third-order valence-corrected chi connectivity index (χ3v) is 6.60. The molecular formula is C26H28ClN3OS. The fourth-order valence-corrected chi connectivity index (χ4v) is 4.56. The second-order valence-corrected chi connectivity index (χ2v) is 9.06. The van der Waals surface area contributed by atoms with Gasteiger partial charge in [0, 0.05) is 18.7 Å². The van der Waals surface area contributed by atoms with E-state index in [2.05, 4.69) is 43.0 Å². The van der Waals surface area contributed by atoms with Gasteiger partial charge in [-0.15, -0.1) is 12.4 Å². The average Bonchev–Trinajstić information content (AvgIpc) is 3.21. The van der Waals surface area contributed by atoms with Gasteiger partial charge >= 0.3 is 0 Å². The molecule has 0 fully saturated rings. The van der Waals surface area contributed by atoms with Crippen molar-refractivity contribution in [3.63, 3.8) is 0 Å². The Bertz CT molecular complexity index is 1200. The quantitative estimate of drug-likeness (QED) is 0.339. The highest BCUT2D eigenvalue weighted by atomic mass is 35.5. The number of aromatic nitrogens is 1. The zero-order chi connectivity index (χ0) is 22.0. The number of fused-ring (bicyclic) bond motifs is 1. The summed E-state index contributed by atoms with van der Waals surface area (Å²) in [6, 6.07) is 22.3. The fourth-order valence-electron chi connectivity index (χ4n) is 3.51. The predicted molar refractivity (Wildman–Crippen MR) is 138 cm³/mol. The molecule has 3 aromatic carbocycles. The number of aryl methyl sites for hydroxylation is 2. The van der Waals surface area contributed by atoms with Crippen molar-refractivity contribution in [3.05, 3.63) is 83.4 Å². The maximum atomic E-state index is 13.5. The Balaban J connectivity index is 0.00000289. The first-order chi connectivity index (χ1) is 14.9. The molecule has 6 heteroatoms. The van der Waals surface area contributed by atoms with E-state index in [4.69, 9.17) is 4.98 Å². The summed E-state index contributed by atoms with van der Waals surface area (Å²) in [4.78, 5) is 22.3. The van der Waals surface area contributed by atoms with Crippen LogP contribution in [0.15, 0.2) is 66.7 Å². The maximum absolute atomic E-state index is 13.5. The molecule has 0 saturated heterocycles. The lowest BCUT2D eigenvalue weighted by Crippen LogP contribution is -2.36. The van der Waals surface area contributed by atoms with Gasteiger partial charge in [-0.2, -0.15) is 0 Å². The Kier molecular flexibility index (Phi) is 7.67. The van der Waals surface area contributed by atoms with Crippen LogP contribution in [0.5, 0.6) is 0 Å². The van der Waals surface area contributed by atoms with E-state index in [9.17, 15) is 4.79 Å². The van der Waals surface area contributed by atoms with E-state index in [0.717, 1.165) is 33.0 Å². The Morgan fingerprint density at radius 2 is 1.53 bits per heavy atom. The van der Waals surface area contributed by atoms with Crippen LogP contribution in [-0.2, 0) is 0 Å². The highest BCUT2D eigenvalue weighted by molar-refractivity contribution is 7.22. The van der Waals surface area contributed by atoms with Crippen LogP contribution in [0.25, 0.3) is 21.3 Å². The largest absolute Gasteiger partial charge is 0.308 e. The average molecular weight is 466 g/mol. The molecule has 0 saturated carbocycles. The summed E-state index contributed by atoms with van der Waals surface area (Å²) in [5, 5.41) is 0.752. The first-order valence-corrected chi connectivity index (χ1v) is 11.2. The van der Waals surface area contributed by atoms with Crippen LogP contribution >= 0.6 is 23.7 Å². The van der Waals surface area contributed by atoms with Crippen molar-refractivity contribution in [2.75, 3.05) is 32.1 Å². The van der Waals surface area contributed by atoms with Crippen molar-refractivity contribution in [2.45, 2.75) is 13.8 Å². The van der Waals surface area contributed by atoms with E-state index in [-0.39, 0.29) is 18.3 Å². The Morgan fingerprint density at radius 3 is 2.19 bits per heavy atom.